The topological polar surface area (TPSA) is 83.6 Å². The van der Waals surface area contributed by atoms with Crippen LogP contribution in [0.5, 0.6) is 11.5 Å². The van der Waals surface area contributed by atoms with Crippen molar-refractivity contribution in [3.05, 3.63) is 65.2 Å². The summed E-state index contributed by atoms with van der Waals surface area (Å²) < 4.78 is 9.80. The van der Waals surface area contributed by atoms with Crippen LogP contribution in [0.4, 0.5) is 0 Å². The van der Waals surface area contributed by atoms with Crippen molar-refractivity contribution in [2.24, 2.45) is 0 Å². The van der Waals surface area contributed by atoms with Gasteiger partial charge in [-0.1, -0.05) is 0 Å². The second-order valence-electron chi connectivity index (χ2n) is 8.96. The first kappa shape index (κ1) is 22.0. The van der Waals surface area contributed by atoms with Crippen molar-refractivity contribution in [3.8, 4) is 11.5 Å². The molecule has 9 heteroatoms. The largest absolute Gasteiger partial charge is 0.455 e. The number of aryl methyl sites for hydroxylation is 2. The van der Waals surface area contributed by atoms with Gasteiger partial charge in [0.2, 0.25) is 0 Å². The summed E-state index contributed by atoms with van der Waals surface area (Å²) in [6, 6.07) is 7.68. The molecule has 1 aliphatic rings. The van der Waals surface area contributed by atoms with Gasteiger partial charge in [-0.25, -0.2) is 4.52 Å². The number of hydrogen-bond donors (Lipinski definition) is 1. The first-order chi connectivity index (χ1) is 16.3. The standard InChI is InChI=1S/C25H28N6O3/c1-15-10-17-11-19(7-9-30(17)22(15)24(32)26-3)34-21-6-8-27-31-14-20(16(2)23(21)31)25(33)29(5)18-12-28(4)13-18/h6-11,14,18H,12-13H2,1-5H3,(H,26,32). The molecule has 176 valence electrons. The molecule has 5 heterocycles. The van der Waals surface area contributed by atoms with Crippen molar-refractivity contribution >= 4 is 22.8 Å². The molecular formula is C25H28N6O3. The van der Waals surface area contributed by atoms with Gasteiger partial charge in [0.1, 0.15) is 17.0 Å². The van der Waals surface area contributed by atoms with Gasteiger partial charge in [0.15, 0.2) is 5.75 Å². The second kappa shape index (κ2) is 8.18. The molecule has 2 amide bonds. The van der Waals surface area contributed by atoms with E-state index in [9.17, 15) is 9.59 Å². The predicted octanol–water partition coefficient (Wildman–Crippen LogP) is 2.74. The number of pyridine rings is 1. The van der Waals surface area contributed by atoms with Crippen molar-refractivity contribution in [1.29, 1.82) is 0 Å². The van der Waals surface area contributed by atoms with Gasteiger partial charge in [-0.3, -0.25) is 9.59 Å². The lowest BCUT2D eigenvalue weighted by atomic mass is 10.1. The highest BCUT2D eigenvalue weighted by Crippen LogP contribution is 2.32. The molecule has 1 aliphatic heterocycles. The highest BCUT2D eigenvalue weighted by molar-refractivity contribution is 5.98. The molecule has 5 rings (SSSR count). The molecule has 0 aliphatic carbocycles. The summed E-state index contributed by atoms with van der Waals surface area (Å²) in [5.74, 6) is 1.08. The minimum Gasteiger partial charge on any atom is -0.455 e. The third-order valence-electron chi connectivity index (χ3n) is 6.64. The molecule has 0 atom stereocenters. The van der Waals surface area contributed by atoms with Crippen LogP contribution in [-0.2, 0) is 0 Å². The first-order valence-corrected chi connectivity index (χ1v) is 11.2. The average molecular weight is 461 g/mol. The molecule has 1 N–H and O–H groups in total. The quantitative estimate of drug-likeness (QED) is 0.495. The highest BCUT2D eigenvalue weighted by Gasteiger charge is 2.32. The Hall–Kier alpha value is -3.85. The van der Waals surface area contributed by atoms with E-state index < -0.39 is 0 Å². The van der Waals surface area contributed by atoms with Crippen molar-refractivity contribution < 1.29 is 14.3 Å². The number of aromatic nitrogens is 3. The van der Waals surface area contributed by atoms with Gasteiger partial charge in [-0.15, -0.1) is 0 Å². The van der Waals surface area contributed by atoms with E-state index in [1.807, 2.05) is 61.6 Å². The van der Waals surface area contributed by atoms with E-state index in [1.54, 1.807) is 30.0 Å². The summed E-state index contributed by atoms with van der Waals surface area (Å²) in [6.45, 7) is 5.59. The van der Waals surface area contributed by atoms with Crippen LogP contribution < -0.4 is 10.1 Å². The fraction of sp³-hybridized carbons (Fsp3) is 0.320. The second-order valence-corrected chi connectivity index (χ2v) is 8.96. The van der Waals surface area contributed by atoms with Gasteiger partial charge in [-0.05, 0) is 44.2 Å². The van der Waals surface area contributed by atoms with E-state index in [2.05, 4.69) is 15.3 Å². The van der Waals surface area contributed by atoms with E-state index in [0.29, 0.717) is 22.8 Å². The summed E-state index contributed by atoms with van der Waals surface area (Å²) >= 11 is 0. The zero-order valence-corrected chi connectivity index (χ0v) is 20.0. The summed E-state index contributed by atoms with van der Waals surface area (Å²) in [5.41, 5.74) is 4.54. The van der Waals surface area contributed by atoms with E-state index >= 15 is 0 Å². The van der Waals surface area contributed by atoms with Gasteiger partial charge in [-0.2, -0.15) is 5.10 Å². The fourth-order valence-corrected chi connectivity index (χ4v) is 4.68. The summed E-state index contributed by atoms with van der Waals surface area (Å²) in [5, 5.41) is 7.08. The Morgan fingerprint density at radius 3 is 2.68 bits per heavy atom. The van der Waals surface area contributed by atoms with Crippen molar-refractivity contribution in [2.45, 2.75) is 19.9 Å². The van der Waals surface area contributed by atoms with Gasteiger partial charge in [0, 0.05) is 57.2 Å². The van der Waals surface area contributed by atoms with Crippen LogP contribution in [0.15, 0.2) is 42.9 Å². The maximum Gasteiger partial charge on any atom is 0.268 e. The molecule has 4 aromatic rings. The van der Waals surface area contributed by atoms with Crippen molar-refractivity contribution in [3.63, 3.8) is 0 Å². The third-order valence-corrected chi connectivity index (χ3v) is 6.64. The number of carbonyl (C=O) groups is 2. The molecule has 0 aromatic carbocycles. The minimum atomic E-state index is -0.137. The Bertz CT molecular complexity index is 1430. The number of carbonyl (C=O) groups excluding carboxylic acids is 2. The van der Waals surface area contributed by atoms with Gasteiger partial charge in [0.05, 0.1) is 17.8 Å². The van der Waals surface area contributed by atoms with E-state index in [-0.39, 0.29) is 17.9 Å². The number of hydrogen-bond acceptors (Lipinski definition) is 5. The number of rotatable bonds is 5. The lowest BCUT2D eigenvalue weighted by Crippen LogP contribution is -2.58. The predicted molar refractivity (Wildman–Crippen MR) is 129 cm³/mol. The smallest absolute Gasteiger partial charge is 0.268 e. The zero-order chi connectivity index (χ0) is 24.1. The molecule has 1 saturated heterocycles. The van der Waals surface area contributed by atoms with Crippen LogP contribution in [0.25, 0.3) is 11.0 Å². The molecular weight excluding hydrogens is 432 g/mol. The Morgan fingerprint density at radius 2 is 1.97 bits per heavy atom. The lowest BCUT2D eigenvalue weighted by molar-refractivity contribution is 0.0459. The Kier molecular flexibility index (Phi) is 5.28. The SMILES string of the molecule is CNC(=O)c1c(C)cc2cc(Oc3ccnn4cc(C(=O)N(C)C5CN(C)C5)c(C)c34)ccn12. The average Bonchev–Trinajstić information content (AvgIpc) is 3.31. The van der Waals surface area contributed by atoms with E-state index in [0.717, 1.165) is 35.2 Å². The lowest BCUT2D eigenvalue weighted by Gasteiger charge is -2.41. The number of likely N-dealkylation sites (tertiary alicyclic amines) is 1. The van der Waals surface area contributed by atoms with Crippen molar-refractivity contribution in [1.82, 2.24) is 29.1 Å². The Labute approximate surface area is 197 Å². The normalized spacial score (nSPS) is 14.4. The molecule has 1 fully saturated rings. The highest BCUT2D eigenvalue weighted by atomic mass is 16.5. The van der Waals surface area contributed by atoms with E-state index in [1.165, 1.54) is 0 Å². The van der Waals surface area contributed by atoms with Gasteiger partial charge < -0.3 is 24.3 Å². The Balaban J connectivity index is 1.48. The molecule has 0 bridgehead atoms. The summed E-state index contributed by atoms with van der Waals surface area (Å²) in [6.07, 6.45) is 5.25. The van der Waals surface area contributed by atoms with Crippen LogP contribution in [0, 0.1) is 13.8 Å². The molecule has 34 heavy (non-hydrogen) atoms. The number of nitrogens with one attached hydrogen (secondary N) is 1. The molecule has 0 saturated carbocycles. The van der Waals surface area contributed by atoms with Gasteiger partial charge in [0.25, 0.3) is 11.8 Å². The molecule has 9 nitrogen and oxygen atoms in total. The maximum absolute atomic E-state index is 13.2. The monoisotopic (exact) mass is 460 g/mol. The Morgan fingerprint density at radius 1 is 1.21 bits per heavy atom. The third kappa shape index (κ3) is 3.49. The van der Waals surface area contributed by atoms with Crippen LogP contribution >= 0.6 is 0 Å². The number of amides is 2. The number of ether oxygens (including phenoxy) is 1. The number of likely N-dealkylation sites (N-methyl/N-ethyl adjacent to an activating group) is 2. The molecule has 0 spiro atoms. The maximum atomic E-state index is 13.2. The molecule has 0 radical (unpaired) electrons. The van der Waals surface area contributed by atoms with Crippen LogP contribution in [-0.4, -0.2) is 75.9 Å². The van der Waals surface area contributed by atoms with Crippen molar-refractivity contribution in [2.75, 3.05) is 34.2 Å². The minimum absolute atomic E-state index is 0.0149. The fourth-order valence-electron chi connectivity index (χ4n) is 4.68. The number of fused-ring (bicyclic) bond motifs is 2. The zero-order valence-electron chi connectivity index (χ0n) is 20.0. The van der Waals surface area contributed by atoms with Gasteiger partial charge >= 0.3 is 0 Å². The summed E-state index contributed by atoms with van der Waals surface area (Å²) in [7, 11) is 5.52. The number of nitrogens with zero attached hydrogens (tertiary/aromatic N) is 5. The van der Waals surface area contributed by atoms with Crippen LogP contribution in [0.1, 0.15) is 32.0 Å². The molecule has 4 aromatic heterocycles. The van der Waals surface area contributed by atoms with Crippen LogP contribution in [0.2, 0.25) is 0 Å². The first-order valence-electron chi connectivity index (χ1n) is 11.2. The van der Waals surface area contributed by atoms with E-state index in [4.69, 9.17) is 4.74 Å². The molecule has 0 unspecified atom stereocenters. The summed E-state index contributed by atoms with van der Waals surface area (Å²) in [4.78, 5) is 29.4. The van der Waals surface area contributed by atoms with Crippen LogP contribution in [0.3, 0.4) is 0 Å².